The minimum absolute atomic E-state index is 0.132. The maximum absolute atomic E-state index is 12.9. The zero-order chi connectivity index (χ0) is 24.5. The predicted octanol–water partition coefficient (Wildman–Crippen LogP) is -0.914. The van der Waals surface area contributed by atoms with Gasteiger partial charge in [-0.05, 0) is 17.8 Å². The third-order valence-electron chi connectivity index (χ3n) is 5.08. The lowest BCUT2D eigenvalue weighted by Gasteiger charge is -2.29. The number of carboxylic acids is 1. The van der Waals surface area contributed by atoms with Crippen molar-refractivity contribution in [3.63, 3.8) is 0 Å². The van der Waals surface area contributed by atoms with E-state index < -0.39 is 60.2 Å². The molecule has 0 saturated heterocycles. The molecule has 0 aromatic carbocycles. The lowest BCUT2D eigenvalue weighted by molar-refractivity contribution is -0.144. The van der Waals surface area contributed by atoms with Gasteiger partial charge in [-0.25, -0.2) is 4.79 Å². The van der Waals surface area contributed by atoms with Gasteiger partial charge in [-0.2, -0.15) is 0 Å². The minimum Gasteiger partial charge on any atom is -0.480 e. The summed E-state index contributed by atoms with van der Waals surface area (Å²) in [5, 5.41) is 16.7. The molecule has 0 aromatic rings. The molecular weight excluding hydrogens is 406 g/mol. The summed E-state index contributed by atoms with van der Waals surface area (Å²) in [4.78, 5) is 60.4. The Bertz CT molecular complexity index is 666. The van der Waals surface area contributed by atoms with Crippen LogP contribution in [0.2, 0.25) is 0 Å². The highest BCUT2D eigenvalue weighted by Gasteiger charge is 2.34. The van der Waals surface area contributed by atoms with E-state index in [2.05, 4.69) is 16.0 Å². The van der Waals surface area contributed by atoms with E-state index in [1.54, 1.807) is 41.5 Å². The molecular formula is C20H37N5O6. The molecule has 0 radical (unpaired) electrons. The summed E-state index contributed by atoms with van der Waals surface area (Å²) in [5.74, 6) is -4.93. The van der Waals surface area contributed by atoms with Gasteiger partial charge < -0.3 is 32.5 Å². The van der Waals surface area contributed by atoms with Crippen molar-refractivity contribution in [1.29, 1.82) is 0 Å². The van der Waals surface area contributed by atoms with Crippen LogP contribution < -0.4 is 27.4 Å². The number of nitrogens with two attached hydrogens (primary N) is 2. The molecule has 0 rings (SSSR count). The predicted molar refractivity (Wildman–Crippen MR) is 114 cm³/mol. The van der Waals surface area contributed by atoms with Gasteiger partial charge in [-0.1, -0.05) is 48.0 Å². The van der Waals surface area contributed by atoms with Crippen LogP contribution in [0.1, 0.15) is 54.4 Å². The number of carbonyl (C=O) groups excluding carboxylic acids is 4. The van der Waals surface area contributed by atoms with Crippen LogP contribution in [-0.4, -0.2) is 58.9 Å². The van der Waals surface area contributed by atoms with Gasteiger partial charge in [-0.3, -0.25) is 19.2 Å². The van der Waals surface area contributed by atoms with Crippen molar-refractivity contribution in [2.75, 3.05) is 0 Å². The topological polar surface area (TPSA) is 194 Å². The number of aliphatic carboxylic acids is 1. The summed E-state index contributed by atoms with van der Waals surface area (Å²) >= 11 is 0. The average Bonchev–Trinajstić information content (AvgIpc) is 2.66. The first kappa shape index (κ1) is 28.3. The van der Waals surface area contributed by atoms with E-state index in [1.165, 1.54) is 0 Å². The van der Waals surface area contributed by atoms with Crippen molar-refractivity contribution in [3.8, 4) is 0 Å². The van der Waals surface area contributed by atoms with Crippen LogP contribution in [0.3, 0.4) is 0 Å². The summed E-state index contributed by atoms with van der Waals surface area (Å²) < 4.78 is 0. The molecule has 11 nitrogen and oxygen atoms in total. The van der Waals surface area contributed by atoms with Gasteiger partial charge in [0.1, 0.15) is 18.1 Å². The second kappa shape index (κ2) is 12.9. The van der Waals surface area contributed by atoms with E-state index in [0.29, 0.717) is 6.42 Å². The highest BCUT2D eigenvalue weighted by atomic mass is 16.4. The standard InChI is InChI=1S/C20H37N5O6/c1-7-11(6)16(19(29)23-12(20(30)31)8-13(21)26)25-18(28)15(10(4)5)24-17(27)14(22)9(2)3/h9-12,14-16H,7-8,22H2,1-6H3,(H2,21,26)(H,23,29)(H,24,27)(H,25,28)(H,30,31). The second-order valence-corrected chi connectivity index (χ2v) is 8.44. The summed E-state index contributed by atoms with van der Waals surface area (Å²) in [6, 6.07) is -4.34. The summed E-state index contributed by atoms with van der Waals surface area (Å²) in [7, 11) is 0. The molecule has 0 spiro atoms. The third kappa shape index (κ3) is 9.33. The molecule has 11 heteroatoms. The second-order valence-electron chi connectivity index (χ2n) is 8.44. The Balaban J connectivity index is 5.53. The van der Waals surface area contributed by atoms with Crippen LogP contribution in [0.25, 0.3) is 0 Å². The van der Waals surface area contributed by atoms with Crippen LogP contribution in [0, 0.1) is 17.8 Å². The molecule has 0 saturated carbocycles. The van der Waals surface area contributed by atoms with Gasteiger partial charge in [0.2, 0.25) is 23.6 Å². The highest BCUT2D eigenvalue weighted by Crippen LogP contribution is 2.11. The fraction of sp³-hybridized carbons (Fsp3) is 0.750. The number of carbonyl (C=O) groups is 5. The molecule has 0 aliphatic heterocycles. The van der Waals surface area contributed by atoms with Crippen molar-refractivity contribution in [2.45, 2.75) is 78.6 Å². The van der Waals surface area contributed by atoms with E-state index >= 15 is 0 Å². The molecule has 0 fully saturated rings. The van der Waals surface area contributed by atoms with Gasteiger partial charge in [0.15, 0.2) is 0 Å². The molecule has 0 aliphatic rings. The Morgan fingerprint density at radius 2 is 1.29 bits per heavy atom. The number of nitrogens with one attached hydrogen (secondary N) is 3. The molecule has 5 atom stereocenters. The van der Waals surface area contributed by atoms with Crippen molar-refractivity contribution < 1.29 is 29.1 Å². The lowest BCUT2D eigenvalue weighted by Crippen LogP contribution is -2.60. The molecule has 4 amide bonds. The van der Waals surface area contributed by atoms with E-state index in [9.17, 15) is 29.1 Å². The molecule has 178 valence electrons. The fourth-order valence-corrected chi connectivity index (χ4v) is 2.69. The Morgan fingerprint density at radius 3 is 1.68 bits per heavy atom. The zero-order valence-corrected chi connectivity index (χ0v) is 19.1. The number of primary amides is 1. The summed E-state index contributed by atoms with van der Waals surface area (Å²) in [6.07, 6.45) is -0.0805. The molecule has 8 N–H and O–H groups in total. The first-order valence-corrected chi connectivity index (χ1v) is 10.4. The highest BCUT2D eigenvalue weighted by molar-refractivity contribution is 5.95. The summed E-state index contributed by atoms with van der Waals surface area (Å²) in [5.41, 5.74) is 10.9. The third-order valence-corrected chi connectivity index (χ3v) is 5.08. The van der Waals surface area contributed by atoms with Gasteiger partial charge in [0, 0.05) is 0 Å². The van der Waals surface area contributed by atoms with E-state index in [4.69, 9.17) is 11.5 Å². The molecule has 0 bridgehead atoms. The van der Waals surface area contributed by atoms with E-state index in [0.717, 1.165) is 0 Å². The first-order chi connectivity index (χ1) is 14.2. The lowest BCUT2D eigenvalue weighted by atomic mass is 9.95. The van der Waals surface area contributed by atoms with Crippen molar-refractivity contribution in [3.05, 3.63) is 0 Å². The largest absolute Gasteiger partial charge is 0.480 e. The Kier molecular flexibility index (Phi) is 11.8. The fourth-order valence-electron chi connectivity index (χ4n) is 2.69. The maximum atomic E-state index is 12.9. The number of amides is 4. The average molecular weight is 444 g/mol. The number of rotatable bonds is 13. The van der Waals surface area contributed by atoms with Crippen LogP contribution in [0.15, 0.2) is 0 Å². The van der Waals surface area contributed by atoms with Crippen molar-refractivity contribution >= 4 is 29.6 Å². The SMILES string of the molecule is CCC(C)C(NC(=O)C(NC(=O)C(N)C(C)C)C(C)C)C(=O)NC(CC(N)=O)C(=O)O. The minimum atomic E-state index is -1.52. The van der Waals surface area contributed by atoms with Gasteiger partial charge in [0.05, 0.1) is 12.5 Å². The van der Waals surface area contributed by atoms with Crippen LogP contribution in [0.5, 0.6) is 0 Å². The Morgan fingerprint density at radius 1 is 0.806 bits per heavy atom. The van der Waals surface area contributed by atoms with E-state index in [-0.39, 0.29) is 17.8 Å². The van der Waals surface area contributed by atoms with Gasteiger partial charge >= 0.3 is 5.97 Å². The zero-order valence-electron chi connectivity index (χ0n) is 19.1. The van der Waals surface area contributed by atoms with Crippen LogP contribution in [-0.2, 0) is 24.0 Å². The van der Waals surface area contributed by atoms with Crippen molar-refractivity contribution in [2.24, 2.45) is 29.2 Å². The molecule has 5 unspecified atom stereocenters. The smallest absolute Gasteiger partial charge is 0.326 e. The number of carboxylic acid groups (broad SMARTS) is 1. The van der Waals surface area contributed by atoms with Gasteiger partial charge in [0.25, 0.3) is 0 Å². The van der Waals surface area contributed by atoms with Crippen LogP contribution in [0.4, 0.5) is 0 Å². The quantitative estimate of drug-likeness (QED) is 0.212. The van der Waals surface area contributed by atoms with Crippen molar-refractivity contribution in [1.82, 2.24) is 16.0 Å². The molecule has 0 aliphatic carbocycles. The van der Waals surface area contributed by atoms with Crippen LogP contribution >= 0.6 is 0 Å². The molecule has 0 aromatic heterocycles. The Labute approximate surface area is 183 Å². The first-order valence-electron chi connectivity index (χ1n) is 10.4. The monoisotopic (exact) mass is 443 g/mol. The number of hydrogen-bond acceptors (Lipinski definition) is 6. The Hall–Kier alpha value is -2.69. The summed E-state index contributed by atoms with van der Waals surface area (Å²) in [6.45, 7) is 10.5. The van der Waals surface area contributed by atoms with E-state index in [1.807, 2.05) is 0 Å². The molecule has 31 heavy (non-hydrogen) atoms. The molecule has 0 heterocycles. The number of hydrogen-bond donors (Lipinski definition) is 6. The van der Waals surface area contributed by atoms with Gasteiger partial charge in [-0.15, -0.1) is 0 Å². The maximum Gasteiger partial charge on any atom is 0.326 e. The normalized spacial score (nSPS) is 16.0.